The van der Waals surface area contributed by atoms with Gasteiger partial charge >= 0.3 is 0 Å². The van der Waals surface area contributed by atoms with Crippen LogP contribution in [0.25, 0.3) is 0 Å². The molecule has 1 heterocycles. The normalized spacial score (nSPS) is 10.1. The number of hydrogen-bond donors (Lipinski definition) is 3. The van der Waals surface area contributed by atoms with Crippen molar-refractivity contribution in [2.75, 3.05) is 11.9 Å². The molecule has 6 nitrogen and oxygen atoms in total. The van der Waals surface area contributed by atoms with Crippen LogP contribution in [0.2, 0.25) is 0 Å². The standard InChI is InChI=1S/C14H16N4O2/c1-10(19)18-12-4-2-3-11(7-12)14(20)16-6-5-13-8-15-9-17-13/h2-4,7-9H,5-6H2,1H3,(H,15,17)(H,16,20)(H,18,19). The third kappa shape index (κ3) is 3.94. The van der Waals surface area contributed by atoms with Gasteiger partial charge in [-0.3, -0.25) is 9.59 Å². The number of nitrogens with one attached hydrogen (secondary N) is 3. The molecular weight excluding hydrogens is 256 g/mol. The molecule has 0 saturated heterocycles. The average Bonchev–Trinajstić information content (AvgIpc) is 2.91. The molecule has 1 aromatic carbocycles. The van der Waals surface area contributed by atoms with Gasteiger partial charge in [-0.05, 0) is 18.2 Å². The van der Waals surface area contributed by atoms with Gasteiger partial charge in [0.25, 0.3) is 5.91 Å². The van der Waals surface area contributed by atoms with Gasteiger partial charge in [0, 0.05) is 43.0 Å². The molecule has 2 amide bonds. The Labute approximate surface area is 116 Å². The predicted octanol–water partition coefficient (Wildman–Crippen LogP) is 1.34. The molecule has 0 bridgehead atoms. The molecule has 0 unspecified atom stereocenters. The van der Waals surface area contributed by atoms with Crippen molar-refractivity contribution in [2.24, 2.45) is 0 Å². The van der Waals surface area contributed by atoms with E-state index in [1.165, 1.54) is 6.92 Å². The lowest BCUT2D eigenvalue weighted by Crippen LogP contribution is -2.25. The van der Waals surface area contributed by atoms with Crippen molar-refractivity contribution in [3.8, 4) is 0 Å². The Kier molecular flexibility index (Phi) is 4.49. The highest BCUT2D eigenvalue weighted by Crippen LogP contribution is 2.10. The number of H-pyrrole nitrogens is 1. The second-order valence-corrected chi connectivity index (χ2v) is 4.34. The fraction of sp³-hybridized carbons (Fsp3) is 0.214. The van der Waals surface area contributed by atoms with Gasteiger partial charge in [-0.15, -0.1) is 0 Å². The molecule has 0 aliphatic rings. The second kappa shape index (κ2) is 6.51. The maximum atomic E-state index is 12.0. The number of amides is 2. The summed E-state index contributed by atoms with van der Waals surface area (Å²) >= 11 is 0. The topological polar surface area (TPSA) is 86.9 Å². The summed E-state index contributed by atoms with van der Waals surface area (Å²) in [5.74, 6) is -0.335. The fourth-order valence-electron chi connectivity index (χ4n) is 1.78. The highest BCUT2D eigenvalue weighted by atomic mass is 16.2. The predicted molar refractivity (Wildman–Crippen MR) is 75.4 cm³/mol. The van der Waals surface area contributed by atoms with Gasteiger partial charge in [-0.2, -0.15) is 0 Å². The zero-order valence-corrected chi connectivity index (χ0v) is 11.1. The van der Waals surface area contributed by atoms with Gasteiger partial charge in [0.1, 0.15) is 0 Å². The number of aromatic amines is 1. The number of carbonyl (C=O) groups excluding carboxylic acids is 2. The number of nitrogens with zero attached hydrogens (tertiary/aromatic N) is 1. The molecule has 0 spiro atoms. The SMILES string of the molecule is CC(=O)Nc1cccc(C(=O)NCCc2cnc[nH]2)c1. The van der Waals surface area contributed by atoms with Crippen LogP contribution in [0.15, 0.2) is 36.8 Å². The number of hydrogen-bond acceptors (Lipinski definition) is 3. The molecule has 3 N–H and O–H groups in total. The molecular formula is C14H16N4O2. The molecule has 2 aromatic rings. The Hall–Kier alpha value is -2.63. The van der Waals surface area contributed by atoms with Gasteiger partial charge in [0.05, 0.1) is 6.33 Å². The molecule has 6 heteroatoms. The van der Waals surface area contributed by atoms with E-state index in [1.807, 2.05) is 0 Å². The van der Waals surface area contributed by atoms with Crippen LogP contribution >= 0.6 is 0 Å². The highest BCUT2D eigenvalue weighted by Gasteiger charge is 2.06. The summed E-state index contributed by atoms with van der Waals surface area (Å²) in [6.45, 7) is 1.95. The molecule has 0 fully saturated rings. The van der Waals surface area contributed by atoms with E-state index in [1.54, 1.807) is 36.8 Å². The first kappa shape index (κ1) is 13.8. The summed E-state index contributed by atoms with van der Waals surface area (Å²) in [7, 11) is 0. The van der Waals surface area contributed by atoms with Crippen LogP contribution in [0.3, 0.4) is 0 Å². The van der Waals surface area contributed by atoms with Gasteiger partial charge < -0.3 is 15.6 Å². The van der Waals surface area contributed by atoms with E-state index in [0.717, 1.165) is 5.69 Å². The Morgan fingerprint density at radius 1 is 1.35 bits per heavy atom. The van der Waals surface area contributed by atoms with E-state index >= 15 is 0 Å². The van der Waals surface area contributed by atoms with Crippen molar-refractivity contribution in [3.05, 3.63) is 48.0 Å². The molecule has 0 aliphatic heterocycles. The number of rotatable bonds is 5. The van der Waals surface area contributed by atoms with Crippen molar-refractivity contribution >= 4 is 17.5 Å². The van der Waals surface area contributed by atoms with E-state index in [9.17, 15) is 9.59 Å². The zero-order valence-electron chi connectivity index (χ0n) is 11.1. The smallest absolute Gasteiger partial charge is 0.251 e. The van der Waals surface area contributed by atoms with Crippen molar-refractivity contribution in [3.63, 3.8) is 0 Å². The summed E-state index contributed by atoms with van der Waals surface area (Å²) in [4.78, 5) is 29.8. The van der Waals surface area contributed by atoms with Gasteiger partial charge in [-0.1, -0.05) is 6.07 Å². The van der Waals surface area contributed by atoms with E-state index in [4.69, 9.17) is 0 Å². The zero-order chi connectivity index (χ0) is 14.4. The van der Waals surface area contributed by atoms with Crippen molar-refractivity contribution in [1.82, 2.24) is 15.3 Å². The number of carbonyl (C=O) groups is 2. The minimum Gasteiger partial charge on any atom is -0.352 e. The second-order valence-electron chi connectivity index (χ2n) is 4.34. The summed E-state index contributed by atoms with van der Waals surface area (Å²) in [6, 6.07) is 6.82. The minimum absolute atomic E-state index is 0.165. The third-order valence-corrected chi connectivity index (χ3v) is 2.68. The molecule has 0 radical (unpaired) electrons. The maximum absolute atomic E-state index is 12.0. The summed E-state index contributed by atoms with van der Waals surface area (Å²) < 4.78 is 0. The first-order valence-corrected chi connectivity index (χ1v) is 6.28. The lowest BCUT2D eigenvalue weighted by molar-refractivity contribution is -0.114. The number of benzene rings is 1. The Bertz CT molecular complexity index is 593. The van der Waals surface area contributed by atoms with Crippen LogP contribution in [-0.2, 0) is 11.2 Å². The maximum Gasteiger partial charge on any atom is 0.251 e. The van der Waals surface area contributed by atoms with E-state index in [0.29, 0.717) is 24.2 Å². The minimum atomic E-state index is -0.170. The molecule has 0 aliphatic carbocycles. The highest BCUT2D eigenvalue weighted by molar-refractivity contribution is 5.96. The van der Waals surface area contributed by atoms with E-state index in [-0.39, 0.29) is 11.8 Å². The average molecular weight is 272 g/mol. The number of aromatic nitrogens is 2. The summed E-state index contributed by atoms with van der Waals surface area (Å²) in [5, 5.41) is 5.46. The third-order valence-electron chi connectivity index (χ3n) is 2.68. The summed E-state index contributed by atoms with van der Waals surface area (Å²) in [6.07, 6.45) is 4.02. The van der Waals surface area contributed by atoms with Crippen LogP contribution in [0.5, 0.6) is 0 Å². The van der Waals surface area contributed by atoms with Crippen molar-refractivity contribution in [2.45, 2.75) is 13.3 Å². The number of imidazole rings is 1. The molecule has 104 valence electrons. The van der Waals surface area contributed by atoms with Gasteiger partial charge in [-0.25, -0.2) is 4.98 Å². The first-order chi connectivity index (χ1) is 9.65. The van der Waals surface area contributed by atoms with Crippen LogP contribution in [-0.4, -0.2) is 28.3 Å². The van der Waals surface area contributed by atoms with Crippen molar-refractivity contribution < 1.29 is 9.59 Å². The monoisotopic (exact) mass is 272 g/mol. The molecule has 0 saturated carbocycles. The fourth-order valence-corrected chi connectivity index (χ4v) is 1.78. The largest absolute Gasteiger partial charge is 0.352 e. The van der Waals surface area contributed by atoms with Crippen LogP contribution in [0, 0.1) is 0 Å². The summed E-state index contributed by atoms with van der Waals surface area (Å²) in [5.41, 5.74) is 2.09. The molecule has 2 rings (SSSR count). The van der Waals surface area contributed by atoms with Gasteiger partial charge in [0.15, 0.2) is 0 Å². The van der Waals surface area contributed by atoms with Gasteiger partial charge in [0.2, 0.25) is 5.91 Å². The van der Waals surface area contributed by atoms with E-state index < -0.39 is 0 Å². The van der Waals surface area contributed by atoms with Crippen LogP contribution in [0.4, 0.5) is 5.69 Å². The lowest BCUT2D eigenvalue weighted by atomic mass is 10.2. The van der Waals surface area contributed by atoms with E-state index in [2.05, 4.69) is 20.6 Å². The first-order valence-electron chi connectivity index (χ1n) is 6.28. The Balaban J connectivity index is 1.90. The van der Waals surface area contributed by atoms with Crippen molar-refractivity contribution in [1.29, 1.82) is 0 Å². The van der Waals surface area contributed by atoms with Crippen LogP contribution < -0.4 is 10.6 Å². The number of anilines is 1. The quantitative estimate of drug-likeness (QED) is 0.767. The lowest BCUT2D eigenvalue weighted by Gasteiger charge is -2.07. The Morgan fingerprint density at radius 2 is 2.20 bits per heavy atom. The molecule has 1 aromatic heterocycles. The van der Waals surface area contributed by atoms with Crippen LogP contribution in [0.1, 0.15) is 23.0 Å². The molecule has 0 atom stereocenters. The Morgan fingerprint density at radius 3 is 2.90 bits per heavy atom. The molecule has 20 heavy (non-hydrogen) atoms.